The molecule has 0 radical (unpaired) electrons. The molecule has 0 heterocycles. The first-order valence-electron chi connectivity index (χ1n) is 15.4. The quantitative estimate of drug-likeness (QED) is 0.140. The van der Waals surface area contributed by atoms with Crippen LogP contribution in [0.4, 0.5) is 0 Å². The van der Waals surface area contributed by atoms with Crippen molar-refractivity contribution in [2.75, 3.05) is 0 Å². The number of hydrogen-bond acceptors (Lipinski definition) is 0. The standard InChI is InChI=1S/C41H44/c1-32(34-18-8-3-9-19-34)28-39(36-22-12-5-13-23-36)30-41(38-26-16-7-17-27-38)31-40(37-24-14-6-15-25-37)29-33(2)35-20-10-4-11-21-35/h3-27,32-33,39-41H,28-31H2,1-2H3. The zero-order valence-electron chi connectivity index (χ0n) is 24.6. The van der Waals surface area contributed by atoms with Crippen molar-refractivity contribution in [1.29, 1.82) is 0 Å². The molecule has 4 atom stereocenters. The van der Waals surface area contributed by atoms with Crippen molar-refractivity contribution < 1.29 is 0 Å². The van der Waals surface area contributed by atoms with Gasteiger partial charge in [-0.3, -0.25) is 0 Å². The van der Waals surface area contributed by atoms with Crippen molar-refractivity contribution in [1.82, 2.24) is 0 Å². The molecule has 0 N–H and O–H groups in total. The van der Waals surface area contributed by atoms with Crippen molar-refractivity contribution in [3.05, 3.63) is 179 Å². The van der Waals surface area contributed by atoms with Gasteiger partial charge in [-0.2, -0.15) is 0 Å². The van der Waals surface area contributed by atoms with Crippen LogP contribution in [-0.2, 0) is 0 Å². The van der Waals surface area contributed by atoms with E-state index in [-0.39, 0.29) is 0 Å². The summed E-state index contributed by atoms with van der Waals surface area (Å²) in [6.45, 7) is 4.80. The summed E-state index contributed by atoms with van der Waals surface area (Å²) < 4.78 is 0. The molecular formula is C41H44. The zero-order valence-corrected chi connectivity index (χ0v) is 24.6. The molecular weight excluding hydrogens is 492 g/mol. The maximum Gasteiger partial charge on any atom is -0.0150 e. The molecule has 41 heavy (non-hydrogen) atoms. The summed E-state index contributed by atoms with van der Waals surface area (Å²) in [7, 11) is 0. The Balaban J connectivity index is 1.46. The Kier molecular flexibility index (Phi) is 10.2. The third kappa shape index (κ3) is 8.08. The van der Waals surface area contributed by atoms with Crippen LogP contribution in [0.15, 0.2) is 152 Å². The van der Waals surface area contributed by atoms with Gasteiger partial charge in [0.15, 0.2) is 0 Å². The molecule has 0 saturated carbocycles. The second-order valence-electron chi connectivity index (χ2n) is 11.9. The average Bonchev–Trinajstić information content (AvgIpc) is 3.05. The van der Waals surface area contributed by atoms with Gasteiger partial charge in [-0.1, -0.05) is 166 Å². The molecule has 208 valence electrons. The van der Waals surface area contributed by atoms with E-state index in [1.54, 1.807) is 0 Å². The smallest absolute Gasteiger partial charge is 0.0150 e. The van der Waals surface area contributed by atoms with Gasteiger partial charge in [0.25, 0.3) is 0 Å². The fourth-order valence-electron chi connectivity index (χ4n) is 6.66. The second-order valence-corrected chi connectivity index (χ2v) is 11.9. The lowest BCUT2D eigenvalue weighted by Crippen LogP contribution is -2.14. The number of benzene rings is 5. The van der Waals surface area contributed by atoms with Crippen LogP contribution in [0, 0.1) is 0 Å². The minimum atomic E-state index is 0.470. The highest BCUT2D eigenvalue weighted by Crippen LogP contribution is 2.43. The van der Waals surface area contributed by atoms with Gasteiger partial charge in [0.2, 0.25) is 0 Å². The van der Waals surface area contributed by atoms with Crippen molar-refractivity contribution in [2.24, 2.45) is 0 Å². The van der Waals surface area contributed by atoms with Crippen LogP contribution in [0.25, 0.3) is 0 Å². The Labute approximate surface area is 248 Å². The lowest BCUT2D eigenvalue weighted by molar-refractivity contribution is 0.413. The Hall–Kier alpha value is -3.90. The van der Waals surface area contributed by atoms with Gasteiger partial charge in [-0.25, -0.2) is 0 Å². The topological polar surface area (TPSA) is 0 Å². The Morgan fingerprint density at radius 1 is 0.293 bits per heavy atom. The molecule has 5 rings (SSSR count). The maximum atomic E-state index is 2.40. The largest absolute Gasteiger partial charge is 0.0622 e. The van der Waals surface area contributed by atoms with Gasteiger partial charge in [0.1, 0.15) is 0 Å². The first kappa shape index (κ1) is 28.6. The molecule has 0 heteroatoms. The van der Waals surface area contributed by atoms with E-state index >= 15 is 0 Å². The van der Waals surface area contributed by atoms with E-state index in [2.05, 4.69) is 166 Å². The highest BCUT2D eigenvalue weighted by molar-refractivity contribution is 5.29. The molecule has 5 aromatic rings. The third-order valence-electron chi connectivity index (χ3n) is 8.96. The van der Waals surface area contributed by atoms with Crippen LogP contribution in [0.2, 0.25) is 0 Å². The van der Waals surface area contributed by atoms with Crippen molar-refractivity contribution in [2.45, 2.75) is 69.1 Å². The summed E-state index contributed by atoms with van der Waals surface area (Å²) >= 11 is 0. The Morgan fingerprint density at radius 3 is 0.780 bits per heavy atom. The van der Waals surface area contributed by atoms with Crippen LogP contribution in [0.3, 0.4) is 0 Å². The molecule has 0 aliphatic rings. The van der Waals surface area contributed by atoms with E-state index < -0.39 is 0 Å². The molecule has 0 nitrogen and oxygen atoms in total. The molecule has 0 aliphatic carbocycles. The van der Waals surface area contributed by atoms with E-state index in [1.807, 2.05) is 0 Å². The highest BCUT2D eigenvalue weighted by atomic mass is 14.3. The lowest BCUT2D eigenvalue weighted by atomic mass is 9.74. The summed E-state index contributed by atoms with van der Waals surface area (Å²) in [4.78, 5) is 0. The van der Waals surface area contributed by atoms with Crippen molar-refractivity contribution in [3.8, 4) is 0 Å². The van der Waals surface area contributed by atoms with Gasteiger partial charge >= 0.3 is 0 Å². The third-order valence-corrected chi connectivity index (χ3v) is 8.96. The van der Waals surface area contributed by atoms with Gasteiger partial charge in [-0.05, 0) is 83.1 Å². The summed E-state index contributed by atoms with van der Waals surface area (Å²) in [5.74, 6) is 2.44. The first-order chi connectivity index (χ1) is 20.2. The first-order valence-corrected chi connectivity index (χ1v) is 15.4. The van der Waals surface area contributed by atoms with Crippen LogP contribution in [0.5, 0.6) is 0 Å². The van der Waals surface area contributed by atoms with Crippen LogP contribution in [-0.4, -0.2) is 0 Å². The predicted molar refractivity (Wildman–Crippen MR) is 176 cm³/mol. The number of hydrogen-bond donors (Lipinski definition) is 0. The fourth-order valence-corrected chi connectivity index (χ4v) is 6.66. The fraction of sp³-hybridized carbons (Fsp3) is 0.268. The SMILES string of the molecule is CC(CC(CC(CC(CC(C)c1ccccc1)c1ccccc1)c1ccccc1)c1ccccc1)c1ccccc1. The molecule has 0 fully saturated rings. The Morgan fingerprint density at radius 2 is 0.512 bits per heavy atom. The molecule has 0 aromatic heterocycles. The summed E-state index contributed by atoms with van der Waals surface area (Å²) in [6, 6.07) is 55.9. The van der Waals surface area contributed by atoms with E-state index in [9.17, 15) is 0 Å². The Bertz CT molecular complexity index is 1300. The predicted octanol–water partition coefficient (Wildman–Crippen LogP) is 11.5. The van der Waals surface area contributed by atoms with Gasteiger partial charge in [0.05, 0.1) is 0 Å². The lowest BCUT2D eigenvalue weighted by Gasteiger charge is -2.31. The van der Waals surface area contributed by atoms with Gasteiger partial charge in [-0.15, -0.1) is 0 Å². The molecule has 0 spiro atoms. The minimum Gasteiger partial charge on any atom is -0.0622 e. The van der Waals surface area contributed by atoms with E-state index in [0.717, 1.165) is 25.7 Å². The highest BCUT2D eigenvalue weighted by Gasteiger charge is 2.27. The van der Waals surface area contributed by atoms with Crippen molar-refractivity contribution >= 4 is 0 Å². The van der Waals surface area contributed by atoms with Crippen LogP contribution in [0.1, 0.15) is 96.9 Å². The maximum absolute atomic E-state index is 2.40. The summed E-state index contributed by atoms with van der Waals surface area (Å²) in [6.07, 6.45) is 4.59. The van der Waals surface area contributed by atoms with E-state index in [0.29, 0.717) is 29.6 Å². The molecule has 0 aliphatic heterocycles. The second kappa shape index (κ2) is 14.6. The molecule has 0 bridgehead atoms. The molecule has 0 amide bonds. The summed E-state index contributed by atoms with van der Waals surface area (Å²) in [5.41, 5.74) is 7.26. The van der Waals surface area contributed by atoms with Gasteiger partial charge in [0, 0.05) is 0 Å². The van der Waals surface area contributed by atoms with E-state index in [4.69, 9.17) is 0 Å². The normalized spacial score (nSPS) is 15.0. The van der Waals surface area contributed by atoms with Crippen LogP contribution < -0.4 is 0 Å². The minimum absolute atomic E-state index is 0.470. The molecule has 5 aromatic carbocycles. The van der Waals surface area contributed by atoms with E-state index in [1.165, 1.54) is 27.8 Å². The summed E-state index contributed by atoms with van der Waals surface area (Å²) in [5, 5.41) is 0. The van der Waals surface area contributed by atoms with Crippen molar-refractivity contribution in [3.63, 3.8) is 0 Å². The zero-order chi connectivity index (χ0) is 28.3. The molecule has 0 saturated heterocycles. The van der Waals surface area contributed by atoms with Gasteiger partial charge < -0.3 is 0 Å². The number of rotatable bonds is 13. The monoisotopic (exact) mass is 536 g/mol. The average molecular weight is 537 g/mol. The molecule has 4 unspecified atom stereocenters. The van der Waals surface area contributed by atoms with Crippen LogP contribution >= 0.6 is 0 Å².